The molecule has 114 valence electrons. The first kappa shape index (κ1) is 14.7. The highest BCUT2D eigenvalue weighted by Gasteiger charge is 2.24. The van der Waals surface area contributed by atoms with Crippen molar-refractivity contribution in [1.82, 2.24) is 10.2 Å². The van der Waals surface area contributed by atoms with E-state index in [0.29, 0.717) is 0 Å². The Bertz CT molecular complexity index is 488. The number of anilines is 1. The molecule has 5 heteroatoms. The summed E-state index contributed by atoms with van der Waals surface area (Å²) in [4.78, 5) is 14.7. The highest BCUT2D eigenvalue weighted by molar-refractivity contribution is 7.99. The number of thioether (sulfide) groups is 1. The number of hydrogen-bond acceptors (Lipinski definition) is 4. The van der Waals surface area contributed by atoms with Gasteiger partial charge in [0.2, 0.25) is 5.91 Å². The van der Waals surface area contributed by atoms with Gasteiger partial charge in [0, 0.05) is 49.9 Å². The van der Waals surface area contributed by atoms with Crippen LogP contribution in [0.4, 0.5) is 5.69 Å². The third kappa shape index (κ3) is 3.92. The van der Waals surface area contributed by atoms with Gasteiger partial charge in [0.1, 0.15) is 0 Å². The van der Waals surface area contributed by atoms with Gasteiger partial charge >= 0.3 is 0 Å². The van der Waals surface area contributed by atoms with Gasteiger partial charge in [-0.15, -0.1) is 0 Å². The van der Waals surface area contributed by atoms with Gasteiger partial charge in [0.15, 0.2) is 0 Å². The lowest BCUT2D eigenvalue weighted by Crippen LogP contribution is -2.43. The van der Waals surface area contributed by atoms with Crippen molar-refractivity contribution in [3.63, 3.8) is 0 Å². The van der Waals surface area contributed by atoms with Crippen molar-refractivity contribution in [3.05, 3.63) is 29.8 Å². The SMILES string of the molecule is O=C(NCCN1CCSCC1)C1CNc2ccccc2C1. The first-order valence-electron chi connectivity index (χ1n) is 7.72. The Morgan fingerprint density at radius 3 is 3.00 bits per heavy atom. The lowest BCUT2D eigenvalue weighted by Gasteiger charge is -2.28. The fourth-order valence-electron chi connectivity index (χ4n) is 2.93. The molecule has 21 heavy (non-hydrogen) atoms. The number of nitrogens with zero attached hydrogens (tertiary/aromatic N) is 1. The first-order valence-corrected chi connectivity index (χ1v) is 8.88. The van der Waals surface area contributed by atoms with E-state index in [1.807, 2.05) is 23.9 Å². The van der Waals surface area contributed by atoms with Crippen molar-refractivity contribution in [1.29, 1.82) is 0 Å². The molecule has 4 nitrogen and oxygen atoms in total. The molecule has 1 amide bonds. The number of para-hydroxylation sites is 1. The topological polar surface area (TPSA) is 44.4 Å². The van der Waals surface area contributed by atoms with Crippen LogP contribution in [0.3, 0.4) is 0 Å². The average molecular weight is 305 g/mol. The third-order valence-corrected chi connectivity index (χ3v) is 5.17. The van der Waals surface area contributed by atoms with Crippen molar-refractivity contribution in [2.75, 3.05) is 49.5 Å². The Labute approximate surface area is 130 Å². The van der Waals surface area contributed by atoms with Crippen molar-refractivity contribution in [2.24, 2.45) is 5.92 Å². The predicted molar refractivity (Wildman–Crippen MR) is 88.9 cm³/mol. The second-order valence-electron chi connectivity index (χ2n) is 5.68. The molecule has 2 heterocycles. The van der Waals surface area contributed by atoms with Gasteiger partial charge < -0.3 is 10.6 Å². The number of hydrogen-bond donors (Lipinski definition) is 2. The molecule has 0 saturated carbocycles. The summed E-state index contributed by atoms with van der Waals surface area (Å²) in [6, 6.07) is 8.25. The normalized spacial score (nSPS) is 22.2. The smallest absolute Gasteiger partial charge is 0.225 e. The second kappa shape index (κ2) is 7.18. The monoisotopic (exact) mass is 305 g/mol. The Morgan fingerprint density at radius 2 is 2.14 bits per heavy atom. The Morgan fingerprint density at radius 1 is 1.33 bits per heavy atom. The average Bonchev–Trinajstić information content (AvgIpc) is 2.55. The van der Waals surface area contributed by atoms with Crippen molar-refractivity contribution in [2.45, 2.75) is 6.42 Å². The molecule has 0 radical (unpaired) electrons. The maximum absolute atomic E-state index is 12.3. The maximum atomic E-state index is 12.3. The Kier molecular flexibility index (Phi) is 5.04. The summed E-state index contributed by atoms with van der Waals surface area (Å²) in [5, 5.41) is 6.46. The summed E-state index contributed by atoms with van der Waals surface area (Å²) in [6.07, 6.45) is 0.843. The minimum Gasteiger partial charge on any atom is -0.384 e. The number of carbonyl (C=O) groups is 1. The quantitative estimate of drug-likeness (QED) is 0.883. The molecule has 2 aliphatic heterocycles. The van der Waals surface area contributed by atoms with Gasteiger partial charge in [-0.2, -0.15) is 11.8 Å². The van der Waals surface area contributed by atoms with Gasteiger partial charge in [0.05, 0.1) is 5.92 Å². The third-order valence-electron chi connectivity index (χ3n) is 4.22. The molecule has 3 rings (SSSR count). The lowest BCUT2D eigenvalue weighted by molar-refractivity contribution is -0.124. The number of nitrogens with one attached hydrogen (secondary N) is 2. The molecule has 0 bridgehead atoms. The van der Waals surface area contributed by atoms with E-state index < -0.39 is 0 Å². The van der Waals surface area contributed by atoms with Crippen LogP contribution in [-0.2, 0) is 11.2 Å². The number of rotatable bonds is 4. The largest absolute Gasteiger partial charge is 0.384 e. The lowest BCUT2D eigenvalue weighted by atomic mass is 9.93. The molecule has 1 unspecified atom stereocenters. The first-order chi connectivity index (χ1) is 10.3. The van der Waals surface area contributed by atoms with Gasteiger partial charge in [-0.3, -0.25) is 9.69 Å². The number of fused-ring (bicyclic) bond motifs is 1. The van der Waals surface area contributed by atoms with E-state index in [2.05, 4.69) is 27.7 Å². The molecule has 1 fully saturated rings. The van der Waals surface area contributed by atoms with Gasteiger partial charge in [-0.1, -0.05) is 18.2 Å². The van der Waals surface area contributed by atoms with Crippen LogP contribution >= 0.6 is 11.8 Å². The van der Waals surface area contributed by atoms with Gasteiger partial charge in [-0.05, 0) is 18.1 Å². The fourth-order valence-corrected chi connectivity index (χ4v) is 3.91. The molecular weight excluding hydrogens is 282 g/mol. The van der Waals surface area contributed by atoms with Crippen molar-refractivity contribution < 1.29 is 4.79 Å². The molecule has 1 aromatic carbocycles. The van der Waals surface area contributed by atoms with E-state index in [4.69, 9.17) is 0 Å². The fraction of sp³-hybridized carbons (Fsp3) is 0.562. The summed E-state index contributed by atoms with van der Waals surface area (Å²) in [5.41, 5.74) is 2.42. The molecule has 0 spiro atoms. The molecule has 0 aliphatic carbocycles. The number of carbonyl (C=O) groups excluding carboxylic acids is 1. The molecule has 1 saturated heterocycles. The van der Waals surface area contributed by atoms with Crippen LogP contribution in [0.5, 0.6) is 0 Å². The minimum absolute atomic E-state index is 0.0526. The van der Waals surface area contributed by atoms with Crippen LogP contribution in [0, 0.1) is 5.92 Å². The molecule has 2 N–H and O–H groups in total. The van der Waals surface area contributed by atoms with Crippen LogP contribution < -0.4 is 10.6 Å². The maximum Gasteiger partial charge on any atom is 0.225 e. The Balaban J connectivity index is 1.44. The van der Waals surface area contributed by atoms with Crippen LogP contribution in [0.1, 0.15) is 5.56 Å². The number of amides is 1. The number of benzene rings is 1. The molecule has 2 aliphatic rings. The summed E-state index contributed by atoms with van der Waals surface area (Å²) in [6.45, 7) is 4.78. The van der Waals surface area contributed by atoms with Gasteiger partial charge in [-0.25, -0.2) is 0 Å². The summed E-state index contributed by atoms with van der Waals surface area (Å²) < 4.78 is 0. The zero-order chi connectivity index (χ0) is 14.5. The molecule has 1 atom stereocenters. The van der Waals surface area contributed by atoms with Crippen molar-refractivity contribution >= 4 is 23.4 Å². The van der Waals surface area contributed by atoms with E-state index in [1.54, 1.807) is 0 Å². The van der Waals surface area contributed by atoms with E-state index in [0.717, 1.165) is 39.1 Å². The van der Waals surface area contributed by atoms with E-state index in [9.17, 15) is 4.79 Å². The van der Waals surface area contributed by atoms with Crippen LogP contribution in [0.2, 0.25) is 0 Å². The zero-order valence-corrected chi connectivity index (χ0v) is 13.1. The minimum atomic E-state index is 0.0526. The van der Waals surface area contributed by atoms with E-state index in [-0.39, 0.29) is 11.8 Å². The highest BCUT2D eigenvalue weighted by Crippen LogP contribution is 2.24. The van der Waals surface area contributed by atoms with Crippen LogP contribution in [0.25, 0.3) is 0 Å². The van der Waals surface area contributed by atoms with Crippen molar-refractivity contribution in [3.8, 4) is 0 Å². The second-order valence-corrected chi connectivity index (χ2v) is 6.91. The zero-order valence-electron chi connectivity index (χ0n) is 12.3. The standard InChI is InChI=1S/C16H23N3OS/c20-16(17-5-6-19-7-9-21-10-8-19)14-11-13-3-1-2-4-15(13)18-12-14/h1-4,14,18H,5-12H2,(H,17,20). The molecule has 1 aromatic rings. The van der Waals surface area contributed by atoms with Gasteiger partial charge in [0.25, 0.3) is 0 Å². The summed E-state index contributed by atoms with van der Waals surface area (Å²) >= 11 is 2.02. The van der Waals surface area contributed by atoms with Crippen LogP contribution in [0.15, 0.2) is 24.3 Å². The molecular formula is C16H23N3OS. The van der Waals surface area contributed by atoms with E-state index in [1.165, 1.54) is 22.8 Å². The Hall–Kier alpha value is -1.20. The van der Waals surface area contributed by atoms with E-state index >= 15 is 0 Å². The van der Waals surface area contributed by atoms with Crippen LogP contribution in [-0.4, -0.2) is 55.0 Å². The summed E-state index contributed by atoms with van der Waals surface area (Å²) in [5.74, 6) is 2.68. The summed E-state index contributed by atoms with van der Waals surface area (Å²) in [7, 11) is 0. The highest BCUT2D eigenvalue weighted by atomic mass is 32.2. The predicted octanol–water partition coefficient (Wildman–Crippen LogP) is 1.44. The molecule has 0 aromatic heterocycles.